The highest BCUT2D eigenvalue weighted by atomic mass is 16.3. The summed E-state index contributed by atoms with van der Waals surface area (Å²) in [7, 11) is 0. The van der Waals surface area contributed by atoms with Crippen LogP contribution < -0.4 is 10.9 Å². The summed E-state index contributed by atoms with van der Waals surface area (Å²) in [4.78, 5) is 14.1. The van der Waals surface area contributed by atoms with Gasteiger partial charge < -0.3 is 20.5 Å². The number of aliphatic hydroxyl groups excluding tert-OH is 1. The van der Waals surface area contributed by atoms with Crippen molar-refractivity contribution in [3.05, 3.63) is 75.6 Å². The van der Waals surface area contributed by atoms with Crippen LogP contribution in [-0.2, 0) is 13.0 Å². The van der Waals surface area contributed by atoms with Crippen LogP contribution in [0.15, 0.2) is 53.3 Å². The molecule has 0 aliphatic rings. The van der Waals surface area contributed by atoms with Gasteiger partial charge in [-0.15, -0.1) is 0 Å². The lowest BCUT2D eigenvalue weighted by atomic mass is 10.0. The molecule has 0 amide bonds. The predicted octanol–water partition coefficient (Wildman–Crippen LogP) is 2.62. The van der Waals surface area contributed by atoms with Gasteiger partial charge in [-0.3, -0.25) is 4.79 Å². The van der Waals surface area contributed by atoms with E-state index in [1.165, 1.54) is 17.7 Å². The molecule has 0 fully saturated rings. The molecule has 0 unspecified atom stereocenters. The van der Waals surface area contributed by atoms with E-state index < -0.39 is 6.10 Å². The predicted molar refractivity (Wildman–Crippen MR) is 98.7 cm³/mol. The van der Waals surface area contributed by atoms with Gasteiger partial charge in [0.15, 0.2) is 0 Å². The van der Waals surface area contributed by atoms with Gasteiger partial charge in [-0.1, -0.05) is 37.3 Å². The Bertz CT molecular complexity index is 916. The van der Waals surface area contributed by atoms with Crippen LogP contribution in [0.25, 0.3) is 10.9 Å². The van der Waals surface area contributed by atoms with E-state index >= 15 is 0 Å². The fraction of sp³-hybridized carbons (Fsp3) is 0.250. The van der Waals surface area contributed by atoms with Crippen molar-refractivity contribution in [3.8, 4) is 5.75 Å². The Kier molecular flexibility index (Phi) is 5.16. The van der Waals surface area contributed by atoms with Crippen LogP contribution in [0.5, 0.6) is 5.75 Å². The highest BCUT2D eigenvalue weighted by Gasteiger charge is 2.13. The second-order valence-electron chi connectivity index (χ2n) is 6.10. The number of aromatic nitrogens is 1. The number of aromatic hydroxyl groups is 1. The maximum Gasteiger partial charge on any atom is 0.248 e. The van der Waals surface area contributed by atoms with Crippen LogP contribution in [0, 0.1) is 0 Å². The summed E-state index contributed by atoms with van der Waals surface area (Å²) in [5.41, 5.74) is 3.18. The normalized spacial score (nSPS) is 12.4. The average molecular weight is 338 g/mol. The largest absolute Gasteiger partial charge is 0.506 e. The number of rotatable bonds is 6. The summed E-state index contributed by atoms with van der Waals surface area (Å²) >= 11 is 0. The molecule has 1 aromatic heterocycles. The molecule has 5 nitrogen and oxygen atoms in total. The molecule has 0 spiro atoms. The number of hydrogen-bond acceptors (Lipinski definition) is 4. The quantitative estimate of drug-likeness (QED) is 0.557. The molecule has 5 heteroatoms. The number of hydrogen-bond donors (Lipinski definition) is 4. The zero-order chi connectivity index (χ0) is 17.8. The average Bonchev–Trinajstić information content (AvgIpc) is 2.63. The number of pyridine rings is 1. The van der Waals surface area contributed by atoms with Crippen LogP contribution in [-0.4, -0.2) is 21.7 Å². The second kappa shape index (κ2) is 7.51. The molecule has 25 heavy (non-hydrogen) atoms. The molecule has 0 radical (unpaired) electrons. The number of aliphatic hydroxyl groups is 1. The van der Waals surface area contributed by atoms with E-state index in [0.29, 0.717) is 29.6 Å². The molecular weight excluding hydrogens is 316 g/mol. The minimum Gasteiger partial charge on any atom is -0.506 e. The molecule has 3 aromatic rings. The van der Waals surface area contributed by atoms with E-state index in [0.717, 1.165) is 12.0 Å². The van der Waals surface area contributed by atoms with Gasteiger partial charge in [0.2, 0.25) is 5.56 Å². The zero-order valence-corrected chi connectivity index (χ0v) is 14.1. The molecule has 2 aromatic carbocycles. The van der Waals surface area contributed by atoms with Crippen LogP contribution in [0.3, 0.4) is 0 Å². The molecule has 1 heterocycles. The van der Waals surface area contributed by atoms with E-state index in [-0.39, 0.29) is 11.3 Å². The van der Waals surface area contributed by atoms with Gasteiger partial charge in [0, 0.05) is 24.5 Å². The fourth-order valence-electron chi connectivity index (χ4n) is 2.91. The third-order valence-corrected chi connectivity index (χ3v) is 4.36. The first kappa shape index (κ1) is 17.2. The molecule has 0 aliphatic carbocycles. The van der Waals surface area contributed by atoms with Crippen molar-refractivity contribution in [1.82, 2.24) is 10.3 Å². The summed E-state index contributed by atoms with van der Waals surface area (Å²) in [5.74, 6) is -0.00683. The summed E-state index contributed by atoms with van der Waals surface area (Å²) in [6.45, 7) is 3.15. The second-order valence-corrected chi connectivity index (χ2v) is 6.10. The first-order valence-corrected chi connectivity index (χ1v) is 8.40. The number of aryl methyl sites for hydroxylation is 1. The van der Waals surface area contributed by atoms with Crippen molar-refractivity contribution in [3.63, 3.8) is 0 Å². The molecule has 0 bridgehead atoms. The number of benzene rings is 2. The van der Waals surface area contributed by atoms with Gasteiger partial charge in [0.05, 0.1) is 11.6 Å². The van der Waals surface area contributed by atoms with Gasteiger partial charge in [-0.05, 0) is 35.2 Å². The minimum absolute atomic E-state index is 0.00683. The van der Waals surface area contributed by atoms with Gasteiger partial charge in [0.1, 0.15) is 5.75 Å². The Morgan fingerprint density at radius 3 is 2.48 bits per heavy atom. The highest BCUT2D eigenvalue weighted by Crippen LogP contribution is 2.28. The van der Waals surface area contributed by atoms with E-state index in [1.807, 2.05) is 0 Å². The maximum absolute atomic E-state index is 11.4. The topological polar surface area (TPSA) is 85.3 Å². The summed E-state index contributed by atoms with van der Waals surface area (Å²) in [5, 5.41) is 24.3. The first-order valence-electron chi connectivity index (χ1n) is 8.40. The summed E-state index contributed by atoms with van der Waals surface area (Å²) < 4.78 is 0. The summed E-state index contributed by atoms with van der Waals surface area (Å²) in [6, 6.07) is 14.6. The van der Waals surface area contributed by atoms with Crippen molar-refractivity contribution in [2.24, 2.45) is 0 Å². The lowest BCUT2D eigenvalue weighted by Gasteiger charge is -2.15. The molecule has 0 saturated carbocycles. The Morgan fingerprint density at radius 1 is 1.04 bits per heavy atom. The molecular formula is C20H22N2O3. The molecule has 1 atom stereocenters. The third-order valence-electron chi connectivity index (χ3n) is 4.36. The SMILES string of the molecule is CCc1ccc(CNC[C@H](O)c2ccc(O)c3[nH]c(=O)ccc23)cc1. The lowest BCUT2D eigenvalue weighted by Crippen LogP contribution is -2.21. The maximum atomic E-state index is 11.4. The number of phenols is 1. The molecule has 4 N–H and O–H groups in total. The molecule has 130 valence electrons. The Balaban J connectivity index is 1.70. The van der Waals surface area contributed by atoms with E-state index in [4.69, 9.17) is 0 Å². The fourth-order valence-corrected chi connectivity index (χ4v) is 2.91. The Labute approximate surface area is 146 Å². The molecule has 3 rings (SSSR count). The van der Waals surface area contributed by atoms with Crippen LogP contribution in [0.1, 0.15) is 29.7 Å². The Morgan fingerprint density at radius 2 is 1.76 bits per heavy atom. The number of phenolic OH excluding ortho intramolecular Hbond substituents is 1. The standard InChI is InChI=1S/C20H22N2O3/c1-2-13-3-5-14(6-4-13)11-21-12-18(24)15-7-9-17(23)20-16(15)8-10-19(25)22-20/h3-10,18,21,23-24H,2,11-12H2,1H3,(H,22,25)/t18-/m0/s1. The van der Waals surface area contributed by atoms with Crippen molar-refractivity contribution >= 4 is 10.9 Å². The van der Waals surface area contributed by atoms with Gasteiger partial charge in [0.25, 0.3) is 0 Å². The van der Waals surface area contributed by atoms with Crippen LogP contribution in [0.2, 0.25) is 0 Å². The van der Waals surface area contributed by atoms with Gasteiger partial charge in [-0.25, -0.2) is 0 Å². The van der Waals surface area contributed by atoms with Crippen molar-refractivity contribution < 1.29 is 10.2 Å². The minimum atomic E-state index is -0.746. The van der Waals surface area contributed by atoms with Crippen LogP contribution >= 0.6 is 0 Å². The molecule has 0 saturated heterocycles. The molecule has 0 aliphatic heterocycles. The van der Waals surface area contributed by atoms with Gasteiger partial charge in [-0.2, -0.15) is 0 Å². The summed E-state index contributed by atoms with van der Waals surface area (Å²) in [6.07, 6.45) is 0.270. The first-order chi connectivity index (χ1) is 12.1. The van der Waals surface area contributed by atoms with Crippen molar-refractivity contribution in [1.29, 1.82) is 0 Å². The van der Waals surface area contributed by atoms with E-state index in [9.17, 15) is 15.0 Å². The smallest absolute Gasteiger partial charge is 0.248 e. The zero-order valence-electron chi connectivity index (χ0n) is 14.1. The number of aromatic amines is 1. The van der Waals surface area contributed by atoms with Gasteiger partial charge >= 0.3 is 0 Å². The van der Waals surface area contributed by atoms with Crippen molar-refractivity contribution in [2.75, 3.05) is 6.54 Å². The van der Waals surface area contributed by atoms with E-state index in [1.54, 1.807) is 12.1 Å². The Hall–Kier alpha value is -2.63. The highest BCUT2D eigenvalue weighted by molar-refractivity contribution is 5.87. The monoisotopic (exact) mass is 338 g/mol. The van der Waals surface area contributed by atoms with Crippen LogP contribution in [0.4, 0.5) is 0 Å². The third kappa shape index (κ3) is 3.90. The number of nitrogens with one attached hydrogen (secondary N) is 2. The lowest BCUT2D eigenvalue weighted by molar-refractivity contribution is 0.176. The number of H-pyrrole nitrogens is 1. The number of fused-ring (bicyclic) bond motifs is 1. The van der Waals surface area contributed by atoms with Crippen molar-refractivity contribution in [2.45, 2.75) is 26.0 Å². The van der Waals surface area contributed by atoms with E-state index in [2.05, 4.69) is 41.5 Å².